The first-order valence-electron chi connectivity index (χ1n) is 8.01. The number of hydrogen-bond donors (Lipinski definition) is 1. The van der Waals surface area contributed by atoms with Crippen molar-refractivity contribution in [2.75, 3.05) is 17.3 Å². The summed E-state index contributed by atoms with van der Waals surface area (Å²) in [5, 5.41) is 2.96. The van der Waals surface area contributed by atoms with Crippen LogP contribution in [0.5, 0.6) is 0 Å². The predicted molar refractivity (Wildman–Crippen MR) is 104 cm³/mol. The minimum atomic E-state index is -4.57. The van der Waals surface area contributed by atoms with Gasteiger partial charge >= 0.3 is 6.18 Å². The van der Waals surface area contributed by atoms with Crippen LogP contribution in [-0.4, -0.2) is 17.0 Å². The highest BCUT2D eigenvalue weighted by Crippen LogP contribution is 2.37. The molecule has 0 bridgehead atoms. The molecule has 0 saturated heterocycles. The van der Waals surface area contributed by atoms with Gasteiger partial charge < -0.3 is 10.2 Å². The fraction of sp³-hybridized carbons (Fsp3) is 0.158. The maximum absolute atomic E-state index is 13.5. The fourth-order valence-electron chi connectivity index (χ4n) is 2.53. The summed E-state index contributed by atoms with van der Waals surface area (Å²) < 4.78 is 41.2. The smallest absolute Gasteiger partial charge is 0.329 e. The van der Waals surface area contributed by atoms with E-state index in [1.807, 2.05) is 25.1 Å². The van der Waals surface area contributed by atoms with Gasteiger partial charge in [-0.25, -0.2) is 4.98 Å². The van der Waals surface area contributed by atoms with Gasteiger partial charge in [-0.1, -0.05) is 28.1 Å². The van der Waals surface area contributed by atoms with Crippen LogP contribution in [0, 0.1) is 6.92 Å². The molecule has 3 rings (SSSR count). The van der Waals surface area contributed by atoms with Crippen LogP contribution in [0.4, 0.5) is 36.3 Å². The number of halogens is 4. The fourth-order valence-corrected chi connectivity index (χ4v) is 2.79. The zero-order valence-electron chi connectivity index (χ0n) is 14.5. The van der Waals surface area contributed by atoms with Crippen LogP contribution in [0.2, 0.25) is 0 Å². The van der Waals surface area contributed by atoms with Crippen LogP contribution in [0.3, 0.4) is 0 Å². The highest BCUT2D eigenvalue weighted by atomic mass is 79.9. The third-order valence-corrected chi connectivity index (χ3v) is 4.41. The second-order valence-corrected chi connectivity index (χ2v) is 6.87. The highest BCUT2D eigenvalue weighted by molar-refractivity contribution is 9.10. The van der Waals surface area contributed by atoms with Crippen molar-refractivity contribution in [1.29, 1.82) is 0 Å². The Kier molecular flexibility index (Phi) is 5.36. The molecule has 3 aromatic rings. The van der Waals surface area contributed by atoms with E-state index in [1.54, 1.807) is 30.3 Å². The monoisotopic (exact) mass is 436 g/mol. The molecule has 0 fully saturated rings. The van der Waals surface area contributed by atoms with Gasteiger partial charge in [-0.15, -0.1) is 0 Å². The number of nitrogens with one attached hydrogen (secondary N) is 1. The van der Waals surface area contributed by atoms with E-state index in [0.29, 0.717) is 11.4 Å². The van der Waals surface area contributed by atoms with Crippen molar-refractivity contribution < 1.29 is 13.2 Å². The van der Waals surface area contributed by atoms with Gasteiger partial charge in [-0.2, -0.15) is 18.2 Å². The molecule has 27 heavy (non-hydrogen) atoms. The van der Waals surface area contributed by atoms with Crippen molar-refractivity contribution >= 4 is 39.1 Å². The molecular weight excluding hydrogens is 421 g/mol. The number of anilines is 4. The third-order valence-electron chi connectivity index (χ3n) is 3.88. The Bertz CT molecular complexity index is 942. The van der Waals surface area contributed by atoms with Gasteiger partial charge in [-0.05, 0) is 48.9 Å². The molecule has 1 heterocycles. The number of aryl methyl sites for hydroxylation is 1. The van der Waals surface area contributed by atoms with Crippen LogP contribution >= 0.6 is 15.9 Å². The molecule has 0 saturated carbocycles. The maximum Gasteiger partial charge on any atom is 0.421 e. The minimum Gasteiger partial charge on any atom is -0.329 e. The number of rotatable bonds is 4. The van der Waals surface area contributed by atoms with E-state index in [2.05, 4.69) is 31.2 Å². The summed E-state index contributed by atoms with van der Waals surface area (Å²) in [6, 6.07) is 14.4. The number of aromatic nitrogens is 2. The molecule has 1 N–H and O–H groups in total. The van der Waals surface area contributed by atoms with E-state index in [1.165, 1.54) is 11.9 Å². The molecule has 2 aromatic carbocycles. The van der Waals surface area contributed by atoms with Gasteiger partial charge in [-0.3, -0.25) is 0 Å². The lowest BCUT2D eigenvalue weighted by Gasteiger charge is -2.23. The molecule has 0 unspecified atom stereocenters. The summed E-state index contributed by atoms with van der Waals surface area (Å²) in [5.41, 5.74) is 1.39. The van der Waals surface area contributed by atoms with Crippen molar-refractivity contribution in [3.63, 3.8) is 0 Å². The van der Waals surface area contributed by atoms with Gasteiger partial charge in [0.1, 0.15) is 5.56 Å². The Morgan fingerprint density at radius 1 is 1.07 bits per heavy atom. The van der Waals surface area contributed by atoms with Crippen molar-refractivity contribution in [3.05, 3.63) is 70.3 Å². The first-order chi connectivity index (χ1) is 12.7. The van der Waals surface area contributed by atoms with E-state index in [0.717, 1.165) is 16.2 Å². The van der Waals surface area contributed by atoms with Crippen LogP contribution < -0.4 is 10.2 Å². The number of benzene rings is 2. The summed E-state index contributed by atoms with van der Waals surface area (Å²) in [6.07, 6.45) is -3.77. The lowest BCUT2D eigenvalue weighted by atomic mass is 10.2. The molecule has 0 aliphatic carbocycles. The van der Waals surface area contributed by atoms with Crippen molar-refractivity contribution in [3.8, 4) is 0 Å². The van der Waals surface area contributed by atoms with E-state index in [4.69, 9.17) is 0 Å². The Balaban J connectivity index is 2.02. The maximum atomic E-state index is 13.5. The van der Waals surface area contributed by atoms with Gasteiger partial charge in [0.15, 0.2) is 5.82 Å². The summed E-state index contributed by atoms with van der Waals surface area (Å²) in [5.74, 6) is -0.137. The molecule has 8 heteroatoms. The Morgan fingerprint density at radius 3 is 2.41 bits per heavy atom. The van der Waals surface area contributed by atoms with Gasteiger partial charge in [0.2, 0.25) is 5.95 Å². The molecule has 0 atom stereocenters. The SMILES string of the molecule is Cc1cccc(Nc2ncc(C(F)(F)F)c(N(C)c3ccc(Br)cc3)n2)c1. The third kappa shape index (κ3) is 4.57. The molecule has 0 aliphatic heterocycles. The van der Waals surface area contributed by atoms with E-state index in [-0.39, 0.29) is 11.8 Å². The van der Waals surface area contributed by atoms with E-state index in [9.17, 15) is 13.2 Å². The summed E-state index contributed by atoms with van der Waals surface area (Å²) in [6.45, 7) is 1.92. The average Bonchev–Trinajstić information content (AvgIpc) is 2.61. The van der Waals surface area contributed by atoms with Crippen LogP contribution in [-0.2, 0) is 6.18 Å². The molecule has 140 valence electrons. The van der Waals surface area contributed by atoms with Gasteiger partial charge in [0.05, 0.1) is 0 Å². The Hall–Kier alpha value is -2.61. The van der Waals surface area contributed by atoms with Gasteiger partial charge in [0, 0.05) is 29.1 Å². The van der Waals surface area contributed by atoms with E-state index < -0.39 is 11.7 Å². The van der Waals surface area contributed by atoms with Crippen molar-refractivity contribution in [1.82, 2.24) is 9.97 Å². The summed E-state index contributed by atoms with van der Waals surface area (Å²) >= 11 is 3.32. The highest BCUT2D eigenvalue weighted by Gasteiger charge is 2.36. The zero-order chi connectivity index (χ0) is 19.6. The quantitative estimate of drug-likeness (QED) is 0.538. The summed E-state index contributed by atoms with van der Waals surface area (Å²) in [7, 11) is 1.54. The molecule has 0 aliphatic rings. The lowest BCUT2D eigenvalue weighted by molar-refractivity contribution is -0.137. The molecular formula is C19H16BrF3N4. The van der Waals surface area contributed by atoms with Crippen LogP contribution in [0.25, 0.3) is 0 Å². The van der Waals surface area contributed by atoms with E-state index >= 15 is 0 Å². The molecule has 0 radical (unpaired) electrons. The van der Waals surface area contributed by atoms with Crippen molar-refractivity contribution in [2.24, 2.45) is 0 Å². The molecule has 0 spiro atoms. The summed E-state index contributed by atoms with van der Waals surface area (Å²) in [4.78, 5) is 9.37. The Morgan fingerprint density at radius 2 is 1.78 bits per heavy atom. The normalized spacial score (nSPS) is 11.3. The topological polar surface area (TPSA) is 41.1 Å². The first kappa shape index (κ1) is 19.2. The van der Waals surface area contributed by atoms with Gasteiger partial charge in [0.25, 0.3) is 0 Å². The molecule has 1 aromatic heterocycles. The molecule has 4 nitrogen and oxygen atoms in total. The standard InChI is InChI=1S/C19H16BrF3N4/c1-12-4-3-5-14(10-12)25-18-24-11-16(19(21,22)23)17(26-18)27(2)15-8-6-13(20)7-9-15/h3-11H,1-2H3,(H,24,25,26). The second kappa shape index (κ2) is 7.56. The minimum absolute atomic E-state index is 0.0903. The largest absolute Gasteiger partial charge is 0.421 e. The van der Waals surface area contributed by atoms with Crippen LogP contribution in [0.1, 0.15) is 11.1 Å². The molecule has 0 amide bonds. The van der Waals surface area contributed by atoms with Crippen molar-refractivity contribution in [2.45, 2.75) is 13.1 Å². The first-order valence-corrected chi connectivity index (χ1v) is 8.80. The average molecular weight is 437 g/mol. The lowest BCUT2D eigenvalue weighted by Crippen LogP contribution is -2.19. The number of alkyl halides is 3. The second-order valence-electron chi connectivity index (χ2n) is 5.96. The zero-order valence-corrected chi connectivity index (χ0v) is 16.1. The predicted octanol–water partition coefficient (Wildman–Crippen LogP) is 6.08. The van der Waals surface area contributed by atoms with Crippen LogP contribution in [0.15, 0.2) is 59.2 Å². The number of nitrogens with zero attached hydrogens (tertiary/aromatic N) is 3. The number of hydrogen-bond acceptors (Lipinski definition) is 4. The Labute approximate surface area is 163 Å².